The molecule has 2 atom stereocenters. The van der Waals surface area contributed by atoms with Gasteiger partial charge in [-0.3, -0.25) is 14.9 Å². The number of para-hydroxylation sites is 1. The average molecular weight is 292 g/mol. The number of aliphatic carboxylic acids is 1. The number of rotatable bonds is 8. The van der Waals surface area contributed by atoms with Crippen LogP contribution in [-0.2, 0) is 16.0 Å². The first-order valence-electron chi connectivity index (χ1n) is 7.33. The Kier molecular flexibility index (Phi) is 6.88. The second-order valence-corrected chi connectivity index (χ2v) is 5.14. The highest BCUT2D eigenvalue weighted by atomic mass is 16.4. The van der Waals surface area contributed by atoms with Crippen LogP contribution in [-0.4, -0.2) is 29.6 Å². The number of aryl methyl sites for hydroxylation is 1. The minimum atomic E-state index is -0.925. The number of hydrogen-bond acceptors (Lipinski definition) is 3. The molecule has 0 aromatic heterocycles. The highest BCUT2D eigenvalue weighted by molar-refractivity contribution is 5.93. The molecule has 0 aliphatic rings. The minimum Gasteiger partial charge on any atom is -0.480 e. The summed E-state index contributed by atoms with van der Waals surface area (Å²) in [5.74, 6) is -1.19. The molecule has 0 fully saturated rings. The molecular weight excluding hydrogens is 268 g/mol. The van der Waals surface area contributed by atoms with Crippen molar-refractivity contribution in [2.24, 2.45) is 5.92 Å². The van der Waals surface area contributed by atoms with E-state index in [1.54, 1.807) is 0 Å². The van der Waals surface area contributed by atoms with E-state index in [0.29, 0.717) is 0 Å². The first kappa shape index (κ1) is 17.2. The number of carboxylic acid groups (broad SMARTS) is 1. The molecule has 21 heavy (non-hydrogen) atoms. The van der Waals surface area contributed by atoms with Crippen LogP contribution in [0.3, 0.4) is 0 Å². The number of benzene rings is 1. The molecule has 0 spiro atoms. The molecule has 3 N–H and O–H groups in total. The topological polar surface area (TPSA) is 78.4 Å². The van der Waals surface area contributed by atoms with Gasteiger partial charge >= 0.3 is 5.97 Å². The number of amides is 1. The van der Waals surface area contributed by atoms with Gasteiger partial charge in [0, 0.05) is 5.69 Å². The molecule has 0 aliphatic heterocycles. The minimum absolute atomic E-state index is 0.0145. The first-order valence-corrected chi connectivity index (χ1v) is 7.33. The summed E-state index contributed by atoms with van der Waals surface area (Å²) in [6.07, 6.45) is 1.57. The Balaban J connectivity index is 2.59. The van der Waals surface area contributed by atoms with E-state index in [-0.39, 0.29) is 18.4 Å². The van der Waals surface area contributed by atoms with Crippen molar-refractivity contribution < 1.29 is 14.7 Å². The standard InChI is InChI=1S/C16H24N2O3/c1-4-11(3)15(16(20)21)17-10-14(19)18-13-9-7-6-8-12(13)5-2/h6-9,11,15,17H,4-5,10H2,1-3H3,(H,18,19)(H,20,21)/t11-,15-/m0/s1. The zero-order chi connectivity index (χ0) is 15.8. The summed E-state index contributed by atoms with van der Waals surface area (Å²) in [6.45, 7) is 5.79. The molecule has 5 nitrogen and oxygen atoms in total. The van der Waals surface area contributed by atoms with E-state index >= 15 is 0 Å². The van der Waals surface area contributed by atoms with Gasteiger partial charge in [0.2, 0.25) is 5.91 Å². The van der Waals surface area contributed by atoms with Crippen LogP contribution in [0, 0.1) is 5.92 Å². The Morgan fingerprint density at radius 1 is 1.24 bits per heavy atom. The largest absolute Gasteiger partial charge is 0.480 e. The Morgan fingerprint density at radius 3 is 2.48 bits per heavy atom. The van der Waals surface area contributed by atoms with Gasteiger partial charge in [0.05, 0.1) is 6.54 Å². The number of carboxylic acids is 1. The number of carbonyl (C=O) groups excluding carboxylic acids is 1. The summed E-state index contributed by atoms with van der Waals surface area (Å²) in [5.41, 5.74) is 1.84. The third-order valence-corrected chi connectivity index (χ3v) is 3.63. The van der Waals surface area contributed by atoms with Crippen LogP contribution in [0.2, 0.25) is 0 Å². The van der Waals surface area contributed by atoms with Crippen LogP contribution in [0.5, 0.6) is 0 Å². The summed E-state index contributed by atoms with van der Waals surface area (Å²) in [5, 5.41) is 14.8. The van der Waals surface area contributed by atoms with Gasteiger partial charge in [-0.1, -0.05) is 45.4 Å². The quantitative estimate of drug-likeness (QED) is 0.687. The van der Waals surface area contributed by atoms with Crippen LogP contribution in [0.15, 0.2) is 24.3 Å². The monoisotopic (exact) mass is 292 g/mol. The zero-order valence-corrected chi connectivity index (χ0v) is 12.8. The summed E-state index contributed by atoms with van der Waals surface area (Å²) in [7, 11) is 0. The zero-order valence-electron chi connectivity index (χ0n) is 12.8. The van der Waals surface area contributed by atoms with Crippen molar-refractivity contribution in [1.29, 1.82) is 0 Å². The molecule has 1 rings (SSSR count). The predicted octanol–water partition coefficient (Wildman–Crippen LogP) is 2.28. The molecule has 1 aromatic rings. The third kappa shape index (κ3) is 5.19. The van der Waals surface area contributed by atoms with Gasteiger partial charge in [0.15, 0.2) is 0 Å². The van der Waals surface area contributed by atoms with Crippen molar-refractivity contribution >= 4 is 17.6 Å². The van der Waals surface area contributed by atoms with Gasteiger partial charge < -0.3 is 10.4 Å². The Hall–Kier alpha value is -1.88. The molecule has 1 aromatic carbocycles. The van der Waals surface area contributed by atoms with Crippen LogP contribution in [0.25, 0.3) is 0 Å². The first-order chi connectivity index (χ1) is 9.99. The molecule has 116 valence electrons. The lowest BCUT2D eigenvalue weighted by Gasteiger charge is -2.20. The fraction of sp³-hybridized carbons (Fsp3) is 0.500. The molecule has 0 aliphatic carbocycles. The number of nitrogens with one attached hydrogen (secondary N) is 2. The van der Waals surface area contributed by atoms with Crippen molar-refractivity contribution in [3.63, 3.8) is 0 Å². The summed E-state index contributed by atoms with van der Waals surface area (Å²) in [4.78, 5) is 23.1. The van der Waals surface area contributed by atoms with Gasteiger partial charge in [-0.05, 0) is 24.0 Å². The van der Waals surface area contributed by atoms with Gasteiger partial charge in [-0.2, -0.15) is 0 Å². The number of hydrogen-bond donors (Lipinski definition) is 3. The predicted molar refractivity (Wildman–Crippen MR) is 83.3 cm³/mol. The Bertz CT molecular complexity index is 488. The fourth-order valence-electron chi connectivity index (χ4n) is 2.12. The highest BCUT2D eigenvalue weighted by Crippen LogP contribution is 2.15. The second-order valence-electron chi connectivity index (χ2n) is 5.14. The SMILES string of the molecule is CCc1ccccc1NC(=O)CN[C@H](C(=O)O)[C@@H](C)CC. The number of anilines is 1. The molecule has 0 saturated heterocycles. The lowest BCUT2D eigenvalue weighted by Crippen LogP contribution is -2.45. The van der Waals surface area contributed by atoms with Gasteiger partial charge in [0.25, 0.3) is 0 Å². The van der Waals surface area contributed by atoms with Crippen LogP contribution in [0.1, 0.15) is 32.8 Å². The Morgan fingerprint density at radius 2 is 1.90 bits per heavy atom. The molecule has 1 amide bonds. The van der Waals surface area contributed by atoms with Crippen molar-refractivity contribution in [2.75, 3.05) is 11.9 Å². The molecular formula is C16H24N2O3. The smallest absolute Gasteiger partial charge is 0.320 e. The van der Waals surface area contributed by atoms with Crippen molar-refractivity contribution in [2.45, 2.75) is 39.7 Å². The van der Waals surface area contributed by atoms with E-state index < -0.39 is 12.0 Å². The van der Waals surface area contributed by atoms with Crippen molar-refractivity contribution in [1.82, 2.24) is 5.32 Å². The van der Waals surface area contributed by atoms with E-state index in [9.17, 15) is 9.59 Å². The van der Waals surface area contributed by atoms with E-state index in [1.165, 1.54) is 0 Å². The second kappa shape index (κ2) is 8.42. The van der Waals surface area contributed by atoms with E-state index in [0.717, 1.165) is 24.1 Å². The maximum absolute atomic E-state index is 12.0. The van der Waals surface area contributed by atoms with Gasteiger partial charge in [-0.15, -0.1) is 0 Å². The van der Waals surface area contributed by atoms with Crippen molar-refractivity contribution in [3.05, 3.63) is 29.8 Å². The highest BCUT2D eigenvalue weighted by Gasteiger charge is 2.23. The molecule has 5 heteroatoms. The lowest BCUT2D eigenvalue weighted by atomic mass is 9.99. The molecule has 0 unspecified atom stereocenters. The van der Waals surface area contributed by atoms with E-state index in [2.05, 4.69) is 10.6 Å². The van der Waals surface area contributed by atoms with E-state index in [4.69, 9.17) is 5.11 Å². The summed E-state index contributed by atoms with van der Waals surface area (Å²) in [6, 6.07) is 6.89. The van der Waals surface area contributed by atoms with Crippen molar-refractivity contribution in [3.8, 4) is 0 Å². The fourth-order valence-corrected chi connectivity index (χ4v) is 2.12. The maximum atomic E-state index is 12.0. The van der Waals surface area contributed by atoms with Crippen LogP contribution in [0.4, 0.5) is 5.69 Å². The normalized spacial score (nSPS) is 13.5. The molecule has 0 heterocycles. The molecule has 0 radical (unpaired) electrons. The average Bonchev–Trinajstić information content (AvgIpc) is 2.47. The Labute approximate surface area is 125 Å². The number of carbonyl (C=O) groups is 2. The van der Waals surface area contributed by atoms with Crippen LogP contribution < -0.4 is 10.6 Å². The van der Waals surface area contributed by atoms with Gasteiger partial charge in [-0.25, -0.2) is 0 Å². The summed E-state index contributed by atoms with van der Waals surface area (Å²) < 4.78 is 0. The maximum Gasteiger partial charge on any atom is 0.320 e. The van der Waals surface area contributed by atoms with Crippen LogP contribution >= 0.6 is 0 Å². The van der Waals surface area contributed by atoms with E-state index in [1.807, 2.05) is 45.0 Å². The molecule has 0 bridgehead atoms. The van der Waals surface area contributed by atoms with Gasteiger partial charge in [0.1, 0.15) is 6.04 Å². The molecule has 0 saturated carbocycles. The summed E-state index contributed by atoms with van der Waals surface area (Å²) >= 11 is 0. The third-order valence-electron chi connectivity index (χ3n) is 3.63. The lowest BCUT2D eigenvalue weighted by molar-refractivity contribution is -0.140.